The van der Waals surface area contributed by atoms with E-state index in [9.17, 15) is 0 Å². The van der Waals surface area contributed by atoms with Gasteiger partial charge in [-0.25, -0.2) is 0 Å². The van der Waals surface area contributed by atoms with Gasteiger partial charge in [-0.1, -0.05) is 0 Å². The normalized spacial score (nSPS) is 37.1. The summed E-state index contributed by atoms with van der Waals surface area (Å²) < 4.78 is 3.98. The fourth-order valence-corrected chi connectivity index (χ4v) is 25.5. The number of aryl methyl sites for hydroxylation is 2. The van der Waals surface area contributed by atoms with E-state index in [1.807, 2.05) is 0 Å². The second kappa shape index (κ2) is 16.2. The van der Waals surface area contributed by atoms with Gasteiger partial charge in [-0.3, -0.25) is 0 Å². The Balaban J connectivity index is 0.00000283. The molecule has 3 heteroatoms. The Labute approximate surface area is 372 Å². The van der Waals surface area contributed by atoms with Gasteiger partial charge in [-0.2, -0.15) is 0 Å². The first-order valence-electron chi connectivity index (χ1n) is 22.1. The van der Waals surface area contributed by atoms with Gasteiger partial charge in [0.1, 0.15) is 0 Å². The third-order valence-corrected chi connectivity index (χ3v) is 27.5. The Morgan fingerprint density at radius 2 is 1.09 bits per heavy atom. The fourth-order valence-electron chi connectivity index (χ4n) is 14.3. The number of halogens is 2. The van der Waals surface area contributed by atoms with Crippen LogP contribution in [0, 0.1) is 43.8 Å². The van der Waals surface area contributed by atoms with Gasteiger partial charge in [0.25, 0.3) is 0 Å². The van der Waals surface area contributed by atoms with Crippen LogP contribution in [0.15, 0.2) is 142 Å². The molecule has 9 unspecified atom stereocenters. The van der Waals surface area contributed by atoms with Gasteiger partial charge < -0.3 is 0 Å². The number of rotatable bonds is 10. The van der Waals surface area contributed by atoms with Crippen molar-refractivity contribution >= 4 is 28.0 Å². The number of fused-ring (bicyclic) bond motifs is 8. The topological polar surface area (TPSA) is 0 Å². The number of unbranched alkanes of at least 4 members (excludes halogenated alkanes) is 2. The molecule has 9 atom stereocenters. The summed E-state index contributed by atoms with van der Waals surface area (Å²) in [6.07, 6.45) is 43.8. The molecule has 0 aromatic heterocycles. The minimum absolute atomic E-state index is 0. The molecule has 2 saturated carbocycles. The summed E-state index contributed by atoms with van der Waals surface area (Å²) >= 11 is -3.00. The van der Waals surface area contributed by atoms with E-state index in [0.717, 1.165) is 19.3 Å². The van der Waals surface area contributed by atoms with Crippen molar-refractivity contribution in [2.24, 2.45) is 43.8 Å². The molecule has 0 saturated heterocycles. The molecule has 2 aromatic carbocycles. The Hall–Kier alpha value is -2.31. The maximum Gasteiger partial charge on any atom is -0.147 e. The third kappa shape index (κ3) is 5.70. The van der Waals surface area contributed by atoms with Crippen LogP contribution < -0.4 is 0 Å². The minimum atomic E-state index is -3.00. The van der Waals surface area contributed by atoms with E-state index >= 15 is 0 Å². The van der Waals surface area contributed by atoms with Gasteiger partial charge in [-0.05, 0) is 0 Å². The minimum Gasteiger partial charge on any atom is -0.147 e. The number of hydrogen-bond acceptors (Lipinski definition) is 0. The average molecular weight is 893 g/mol. The predicted molar refractivity (Wildman–Crippen MR) is 253 cm³/mol. The Bertz CT molecular complexity index is 2120. The Morgan fingerprint density at radius 3 is 1.57 bits per heavy atom. The van der Waals surface area contributed by atoms with Crippen molar-refractivity contribution in [3.8, 4) is 0 Å². The largest absolute Gasteiger partial charge is 0.147 e. The molecule has 6 aliphatic rings. The van der Waals surface area contributed by atoms with Crippen molar-refractivity contribution in [1.82, 2.24) is 0 Å². The van der Waals surface area contributed by atoms with Crippen LogP contribution in [-0.2, 0) is 34.1 Å². The van der Waals surface area contributed by atoms with Gasteiger partial charge in [-0.15, -0.1) is 24.8 Å². The van der Waals surface area contributed by atoms with Gasteiger partial charge in [0.05, 0.1) is 0 Å². The summed E-state index contributed by atoms with van der Waals surface area (Å²) in [7, 11) is 0. The van der Waals surface area contributed by atoms with Crippen LogP contribution >= 0.6 is 24.8 Å². The van der Waals surface area contributed by atoms with Crippen molar-refractivity contribution < 1.29 is 21.3 Å². The monoisotopic (exact) mass is 890 g/mol. The molecule has 308 valence electrons. The van der Waals surface area contributed by atoms with Gasteiger partial charge in [0.15, 0.2) is 0 Å². The maximum atomic E-state index is 2.84. The van der Waals surface area contributed by atoms with Gasteiger partial charge in [0.2, 0.25) is 0 Å². The van der Waals surface area contributed by atoms with Gasteiger partial charge in [0, 0.05) is 0 Å². The smallest absolute Gasteiger partial charge is 0.147 e. The SMILES string of the molecule is CCCCc1ccc([C](c2ccc(CCCC)cc2)=[Zr]([C]2=CC=CC2)[CH]2C3C=CC=C(C)C3(C)C3(C)C4(C)C=CC=CC4(C)C4(C)C=CC=CC4(C)C23C)cc1.Cl.Cl. The summed E-state index contributed by atoms with van der Waals surface area (Å²) in [6.45, 7) is 26.1. The second-order valence-electron chi connectivity index (χ2n) is 19.7. The van der Waals surface area contributed by atoms with E-state index in [0.29, 0.717) is 9.54 Å². The van der Waals surface area contributed by atoms with E-state index in [4.69, 9.17) is 0 Å². The van der Waals surface area contributed by atoms with Crippen molar-refractivity contribution in [2.75, 3.05) is 0 Å². The summed E-state index contributed by atoms with van der Waals surface area (Å²) in [5.74, 6) is 0.417. The summed E-state index contributed by atoms with van der Waals surface area (Å²) in [4.78, 5) is 0. The molecule has 0 aliphatic heterocycles. The van der Waals surface area contributed by atoms with Crippen LogP contribution in [0.5, 0.6) is 0 Å². The van der Waals surface area contributed by atoms with E-state index in [2.05, 4.69) is 203 Å². The molecule has 0 spiro atoms. The molecule has 0 amide bonds. The average Bonchev–Trinajstić information content (AvgIpc) is 3.79. The van der Waals surface area contributed by atoms with E-state index in [1.165, 1.54) is 47.9 Å². The van der Waals surface area contributed by atoms with Crippen LogP contribution in [0.4, 0.5) is 0 Å². The van der Waals surface area contributed by atoms with Crippen LogP contribution in [-0.4, -0.2) is 3.21 Å². The fraction of sp³-hybridized carbons (Fsp3) is 0.473. The van der Waals surface area contributed by atoms with Crippen molar-refractivity contribution in [3.63, 3.8) is 0 Å². The zero-order chi connectivity index (χ0) is 39.8. The second-order valence-corrected chi connectivity index (χ2v) is 26.1. The molecular weight excluding hydrogens is 823 g/mol. The molecule has 2 aromatic rings. The quantitative estimate of drug-likeness (QED) is 0.223. The summed E-state index contributed by atoms with van der Waals surface area (Å²) in [5, 5.41) is 0. The molecule has 0 radical (unpaired) electrons. The molecule has 58 heavy (non-hydrogen) atoms. The standard InChI is InChI=1S/C29H37.C21H26.C5H5.2ClH.Zr/c1-21-14-13-15-22-20-27(6)25(4)18-10-9-16-23(25,2)24(3)17-11-12-19-26(24,5)29(27,8)28(21,22)7;1-3-5-7-18-9-13-20(14-10-18)17-21-15-11-19(12-16-21)8-6-4-2;1-2-4-5-3-1;;;/h9-20,22H,1-8H3;9-16H,3-8H2,1-2H3;1-3H,4H2;2*1H;. The van der Waals surface area contributed by atoms with E-state index in [1.54, 1.807) is 12.1 Å². The molecule has 0 N–H and O–H groups in total. The Morgan fingerprint density at radius 1 is 0.603 bits per heavy atom. The Kier molecular flexibility index (Phi) is 12.6. The first-order valence-corrected chi connectivity index (χ1v) is 26.0. The summed E-state index contributed by atoms with van der Waals surface area (Å²) in [5.41, 5.74) is 6.79. The first kappa shape index (κ1) is 45.2. The molecule has 0 nitrogen and oxygen atoms in total. The molecule has 0 bridgehead atoms. The molecule has 8 rings (SSSR count). The zero-order valence-electron chi connectivity index (χ0n) is 37.1. The van der Waals surface area contributed by atoms with Crippen LogP contribution in [0.3, 0.4) is 0 Å². The van der Waals surface area contributed by atoms with Crippen molar-refractivity contribution in [3.05, 3.63) is 165 Å². The van der Waals surface area contributed by atoms with Crippen molar-refractivity contribution in [1.29, 1.82) is 0 Å². The van der Waals surface area contributed by atoms with Crippen LogP contribution in [0.25, 0.3) is 0 Å². The third-order valence-electron chi connectivity index (χ3n) is 18.3. The number of benzene rings is 2. The van der Waals surface area contributed by atoms with E-state index in [-0.39, 0.29) is 62.7 Å². The molecule has 6 aliphatic carbocycles. The van der Waals surface area contributed by atoms with Gasteiger partial charge >= 0.3 is 351 Å². The molecular formula is C55H70Cl2Zr. The number of allylic oxidation sites excluding steroid dienone is 16. The summed E-state index contributed by atoms with van der Waals surface area (Å²) in [6, 6.07) is 20.0. The predicted octanol–water partition coefficient (Wildman–Crippen LogP) is 15.5. The van der Waals surface area contributed by atoms with Crippen LogP contribution in [0.1, 0.15) is 124 Å². The van der Waals surface area contributed by atoms with E-state index < -0.39 is 21.3 Å². The van der Waals surface area contributed by atoms with Crippen molar-refractivity contribution in [2.45, 2.75) is 118 Å². The molecule has 0 heterocycles. The maximum absolute atomic E-state index is 3.00. The molecule has 2 fully saturated rings. The van der Waals surface area contributed by atoms with Crippen LogP contribution in [0.2, 0.25) is 3.63 Å². The first-order chi connectivity index (χ1) is 26.7. The number of hydrogen-bond donors (Lipinski definition) is 0. The zero-order valence-corrected chi connectivity index (χ0v) is 41.2.